The maximum absolute atomic E-state index is 12.2. The zero-order valence-corrected chi connectivity index (χ0v) is 16.0. The number of fused-ring (bicyclic) bond motifs is 2. The van der Waals surface area contributed by atoms with E-state index in [0.29, 0.717) is 35.4 Å². The molecule has 0 aliphatic carbocycles. The highest BCUT2D eigenvalue weighted by atomic mass is 28.4. The third-order valence-corrected chi connectivity index (χ3v) is 11.7. The molecule has 22 heavy (non-hydrogen) atoms. The molecule has 2 aliphatic rings. The largest absolute Gasteiger partial charge is 0.416 e. The van der Waals surface area contributed by atoms with E-state index in [0.717, 1.165) is 6.42 Å². The summed E-state index contributed by atoms with van der Waals surface area (Å²) in [6.45, 7) is 14.5. The number of hydrogen-bond donors (Lipinski definition) is 0. The molecule has 126 valence electrons. The van der Waals surface area contributed by atoms with E-state index in [2.05, 4.69) is 47.6 Å². The van der Waals surface area contributed by atoms with Gasteiger partial charge < -0.3 is 9.16 Å². The van der Waals surface area contributed by atoms with E-state index >= 15 is 0 Å². The first-order valence-corrected chi connectivity index (χ1v) is 10.9. The van der Waals surface area contributed by atoms with Crippen LogP contribution in [-0.2, 0) is 14.0 Å². The Morgan fingerprint density at radius 1 is 1.14 bits per heavy atom. The maximum Gasteiger partial charge on any atom is 0.200 e. The molecule has 0 N–H and O–H groups in total. The van der Waals surface area contributed by atoms with Crippen molar-refractivity contribution in [1.82, 2.24) is 0 Å². The fourth-order valence-electron chi connectivity index (χ4n) is 4.59. The van der Waals surface area contributed by atoms with Crippen LogP contribution in [0.15, 0.2) is 12.2 Å². The Kier molecular flexibility index (Phi) is 5.67. The van der Waals surface area contributed by atoms with Gasteiger partial charge in [-0.2, -0.15) is 0 Å². The van der Waals surface area contributed by atoms with Gasteiger partial charge in [-0.3, -0.25) is 4.79 Å². The molecule has 4 heteroatoms. The molecule has 2 aliphatic heterocycles. The molecule has 3 atom stereocenters. The molecular formula is C18H32O3Si. The summed E-state index contributed by atoms with van der Waals surface area (Å²) in [7, 11) is -1.83. The Hall–Kier alpha value is -0.453. The summed E-state index contributed by atoms with van der Waals surface area (Å²) in [6, 6.07) is 0. The molecule has 0 aromatic rings. The van der Waals surface area contributed by atoms with Crippen LogP contribution in [0.1, 0.15) is 54.4 Å². The smallest absolute Gasteiger partial charge is 0.200 e. The zero-order chi connectivity index (χ0) is 16.5. The van der Waals surface area contributed by atoms with E-state index in [4.69, 9.17) is 9.16 Å². The Balaban J connectivity index is 1.98. The molecule has 0 spiro atoms. The van der Waals surface area contributed by atoms with Gasteiger partial charge in [-0.05, 0) is 23.0 Å². The van der Waals surface area contributed by atoms with Crippen LogP contribution in [0.2, 0.25) is 16.6 Å². The van der Waals surface area contributed by atoms with Crippen molar-refractivity contribution in [3.63, 3.8) is 0 Å². The number of ketones is 1. The highest BCUT2D eigenvalue weighted by Gasteiger charge is 2.45. The third-order valence-electron chi connectivity index (χ3n) is 5.55. The second kappa shape index (κ2) is 6.98. The molecule has 2 bridgehead atoms. The summed E-state index contributed by atoms with van der Waals surface area (Å²) in [6.07, 6.45) is 5.46. The molecule has 2 rings (SSSR count). The molecule has 1 saturated heterocycles. The lowest BCUT2D eigenvalue weighted by molar-refractivity contribution is -0.137. The second-order valence-electron chi connectivity index (χ2n) is 7.76. The fourth-order valence-corrected chi connectivity index (χ4v) is 10.1. The number of Topliss-reactive ketones (excluding diaryl/α,β-unsaturated/α-hetero) is 1. The topological polar surface area (TPSA) is 35.5 Å². The first-order valence-electron chi connectivity index (χ1n) is 8.79. The standard InChI is InChI=1S/C18H32O3Si/c1-12(2)22(13(3)4,14(5)6)20-10-9-16-17(19)11-15-7-8-18(16)21-15/h7-8,12-16,18H,9-11H2,1-6H3/t15-,16-,18+/m1/s1. The van der Waals surface area contributed by atoms with Crippen LogP contribution in [-0.4, -0.2) is 32.9 Å². The van der Waals surface area contributed by atoms with Gasteiger partial charge in [0.05, 0.1) is 12.2 Å². The van der Waals surface area contributed by atoms with Gasteiger partial charge in [-0.25, -0.2) is 0 Å². The molecule has 0 amide bonds. The minimum atomic E-state index is -1.83. The molecule has 0 aromatic carbocycles. The quantitative estimate of drug-likeness (QED) is 0.511. The van der Waals surface area contributed by atoms with E-state index in [1.807, 2.05) is 6.08 Å². The Morgan fingerprint density at radius 3 is 2.27 bits per heavy atom. The van der Waals surface area contributed by atoms with Crippen LogP contribution in [0, 0.1) is 5.92 Å². The minimum absolute atomic E-state index is 0.00631. The van der Waals surface area contributed by atoms with E-state index < -0.39 is 8.32 Å². The molecule has 3 nitrogen and oxygen atoms in total. The molecule has 0 unspecified atom stereocenters. The van der Waals surface area contributed by atoms with E-state index in [1.165, 1.54) is 0 Å². The lowest BCUT2D eigenvalue weighted by Crippen LogP contribution is -2.48. The summed E-state index contributed by atoms with van der Waals surface area (Å²) in [5.74, 6) is 0.342. The highest BCUT2D eigenvalue weighted by molar-refractivity contribution is 6.77. The van der Waals surface area contributed by atoms with Crippen molar-refractivity contribution in [3.8, 4) is 0 Å². The SMILES string of the molecule is CC(C)[Si](OCC[C@@H]1C(=O)C[C@H]2C=C[C@@H]1O2)(C(C)C)C(C)C. The number of carbonyl (C=O) groups is 1. The molecule has 2 heterocycles. The monoisotopic (exact) mass is 324 g/mol. The van der Waals surface area contributed by atoms with Crippen LogP contribution in [0.5, 0.6) is 0 Å². The van der Waals surface area contributed by atoms with Crippen molar-refractivity contribution >= 4 is 14.1 Å². The van der Waals surface area contributed by atoms with E-state index in [1.54, 1.807) is 0 Å². The van der Waals surface area contributed by atoms with E-state index in [-0.39, 0.29) is 18.1 Å². The van der Waals surface area contributed by atoms with Gasteiger partial charge in [0.2, 0.25) is 0 Å². The van der Waals surface area contributed by atoms with Crippen molar-refractivity contribution in [2.24, 2.45) is 5.92 Å². The predicted octanol–water partition coefficient (Wildman–Crippen LogP) is 4.48. The Morgan fingerprint density at radius 2 is 1.73 bits per heavy atom. The number of rotatable bonds is 7. The normalized spacial score (nSPS) is 28.4. The second-order valence-corrected chi connectivity index (χ2v) is 13.2. The van der Waals surface area contributed by atoms with Crippen molar-refractivity contribution < 1.29 is 14.0 Å². The summed E-state index contributed by atoms with van der Waals surface area (Å²) in [5, 5.41) is 0. The fraction of sp³-hybridized carbons (Fsp3) is 0.833. The lowest BCUT2D eigenvalue weighted by Gasteiger charge is -2.42. The van der Waals surface area contributed by atoms with Gasteiger partial charge in [-0.15, -0.1) is 0 Å². The van der Waals surface area contributed by atoms with Gasteiger partial charge in [-0.1, -0.05) is 53.7 Å². The van der Waals surface area contributed by atoms with Crippen molar-refractivity contribution in [2.45, 2.75) is 83.2 Å². The van der Waals surface area contributed by atoms with Gasteiger partial charge >= 0.3 is 0 Å². The van der Waals surface area contributed by atoms with Crippen LogP contribution in [0.25, 0.3) is 0 Å². The van der Waals surface area contributed by atoms with Crippen molar-refractivity contribution in [3.05, 3.63) is 12.2 Å². The van der Waals surface area contributed by atoms with Crippen LogP contribution in [0.4, 0.5) is 0 Å². The average molecular weight is 325 g/mol. The number of carbonyl (C=O) groups excluding carboxylic acids is 1. The first-order chi connectivity index (χ1) is 10.3. The highest BCUT2D eigenvalue weighted by Crippen LogP contribution is 2.42. The maximum atomic E-state index is 12.2. The van der Waals surface area contributed by atoms with Crippen molar-refractivity contribution in [1.29, 1.82) is 0 Å². The predicted molar refractivity (Wildman–Crippen MR) is 92.5 cm³/mol. The van der Waals surface area contributed by atoms with E-state index in [9.17, 15) is 4.79 Å². The number of ether oxygens (including phenoxy) is 1. The molecule has 1 fully saturated rings. The van der Waals surface area contributed by atoms with Crippen LogP contribution in [0.3, 0.4) is 0 Å². The summed E-state index contributed by atoms with van der Waals surface area (Å²) in [5.41, 5.74) is 1.75. The number of hydrogen-bond acceptors (Lipinski definition) is 3. The van der Waals surface area contributed by atoms with Gasteiger partial charge in [0.25, 0.3) is 0 Å². The van der Waals surface area contributed by atoms with Crippen LogP contribution >= 0.6 is 0 Å². The minimum Gasteiger partial charge on any atom is -0.416 e. The Bertz CT molecular complexity index is 406. The molecule has 0 aromatic heterocycles. The molecular weight excluding hydrogens is 292 g/mol. The average Bonchev–Trinajstić information content (AvgIpc) is 2.79. The Labute approximate surface area is 136 Å². The summed E-state index contributed by atoms with van der Waals surface area (Å²) >= 11 is 0. The first kappa shape index (κ1) is 17.9. The third kappa shape index (κ3) is 3.24. The summed E-state index contributed by atoms with van der Waals surface area (Å²) in [4.78, 5) is 12.2. The lowest BCUT2D eigenvalue weighted by atomic mass is 9.91. The summed E-state index contributed by atoms with van der Waals surface area (Å²) < 4.78 is 12.4. The van der Waals surface area contributed by atoms with Gasteiger partial charge in [0.1, 0.15) is 5.78 Å². The van der Waals surface area contributed by atoms with Gasteiger partial charge in [0, 0.05) is 18.9 Å². The van der Waals surface area contributed by atoms with Crippen molar-refractivity contribution in [2.75, 3.05) is 6.61 Å². The van der Waals surface area contributed by atoms with Gasteiger partial charge in [0.15, 0.2) is 8.32 Å². The zero-order valence-electron chi connectivity index (χ0n) is 15.0. The molecule has 0 radical (unpaired) electrons. The van der Waals surface area contributed by atoms with Crippen LogP contribution < -0.4 is 0 Å². The molecule has 0 saturated carbocycles.